The highest BCUT2D eigenvalue weighted by Crippen LogP contribution is 2.40. The second-order valence-electron chi connectivity index (χ2n) is 5.14. The summed E-state index contributed by atoms with van der Waals surface area (Å²) in [5.74, 6) is 0.567. The maximum Gasteiger partial charge on any atom is 0.212 e. The number of aromatic nitrogens is 3. The third-order valence-electron chi connectivity index (χ3n) is 3.60. The van der Waals surface area contributed by atoms with Gasteiger partial charge in [-0.15, -0.1) is 10.2 Å². The lowest BCUT2D eigenvalue weighted by atomic mass is 10.2. The molecule has 1 aliphatic heterocycles. The molecule has 2 N–H and O–H groups in total. The topological polar surface area (TPSA) is 89.3 Å². The van der Waals surface area contributed by atoms with Crippen LogP contribution in [0.25, 0.3) is 11.4 Å². The van der Waals surface area contributed by atoms with Crippen molar-refractivity contribution in [2.24, 2.45) is 0 Å². The van der Waals surface area contributed by atoms with Gasteiger partial charge in [-0.05, 0) is 29.8 Å². The summed E-state index contributed by atoms with van der Waals surface area (Å²) < 4.78 is 1.77. The van der Waals surface area contributed by atoms with Crippen molar-refractivity contribution in [2.75, 3.05) is 10.7 Å². The zero-order chi connectivity index (χ0) is 16.7. The molecule has 3 aromatic rings. The van der Waals surface area contributed by atoms with Gasteiger partial charge in [0.2, 0.25) is 5.16 Å². The zero-order valence-corrected chi connectivity index (χ0v) is 13.7. The fraction of sp³-hybridized carbons (Fsp3) is 0.0667. The summed E-state index contributed by atoms with van der Waals surface area (Å²) in [6.07, 6.45) is 0. The van der Waals surface area contributed by atoms with E-state index < -0.39 is 0 Å². The van der Waals surface area contributed by atoms with E-state index in [-0.39, 0.29) is 16.3 Å². The van der Waals surface area contributed by atoms with Crippen LogP contribution in [0.5, 0.6) is 0 Å². The van der Waals surface area contributed by atoms with Crippen LogP contribution in [0.3, 0.4) is 0 Å². The average molecular weight is 361 g/mol. The molecule has 4 rings (SSSR count). The number of rotatable bonds is 3. The minimum Gasteiger partial charge on any atom is -0.733 e. The summed E-state index contributed by atoms with van der Waals surface area (Å²) in [5, 5.41) is 29.7. The predicted molar refractivity (Wildman–Crippen MR) is 92.5 cm³/mol. The quantitative estimate of drug-likeness (QED) is 0.689. The highest BCUT2D eigenvalue weighted by molar-refractivity contribution is 7.99. The molecule has 2 aromatic carbocycles. The summed E-state index contributed by atoms with van der Waals surface area (Å²) in [7, 11) is 0. The van der Waals surface area contributed by atoms with Crippen molar-refractivity contribution < 1.29 is 5.21 Å². The summed E-state index contributed by atoms with van der Waals surface area (Å²) in [4.78, 5) is 0. The molecule has 0 spiro atoms. The van der Waals surface area contributed by atoms with Gasteiger partial charge in [0.25, 0.3) is 0 Å². The maximum absolute atomic E-state index is 11.1. The molecule has 1 aliphatic rings. The summed E-state index contributed by atoms with van der Waals surface area (Å²) in [6, 6.07) is 14.1. The number of hydrogen-bond acceptors (Lipinski definition) is 7. The standard InChI is InChI=1S/C15H11ClN5O2S/c16-11-6-4-9(5-7-11)14-19-20-13(17-18-15(20)24-14)10-2-1-3-12(8-10)21(22)23/h1-8,14,19,22H/q-1/t14-/m1/s1. The number of benzene rings is 2. The van der Waals surface area contributed by atoms with Crippen LogP contribution in [0.1, 0.15) is 10.9 Å². The van der Waals surface area contributed by atoms with Crippen molar-refractivity contribution in [3.05, 3.63) is 64.3 Å². The van der Waals surface area contributed by atoms with Crippen LogP contribution in [0.15, 0.2) is 53.7 Å². The van der Waals surface area contributed by atoms with Crippen molar-refractivity contribution in [1.82, 2.24) is 14.9 Å². The number of anilines is 1. The van der Waals surface area contributed by atoms with Crippen molar-refractivity contribution in [1.29, 1.82) is 0 Å². The van der Waals surface area contributed by atoms with Crippen molar-refractivity contribution in [3.63, 3.8) is 0 Å². The number of nitrogens with one attached hydrogen (secondary N) is 1. The zero-order valence-electron chi connectivity index (χ0n) is 12.1. The van der Waals surface area contributed by atoms with E-state index in [1.54, 1.807) is 22.9 Å². The van der Waals surface area contributed by atoms with E-state index in [0.717, 1.165) is 10.7 Å². The summed E-state index contributed by atoms with van der Waals surface area (Å²) in [6.45, 7) is 0. The van der Waals surface area contributed by atoms with E-state index in [1.165, 1.54) is 17.8 Å². The SMILES string of the molecule is [O-]N(O)c1cccc(-c2nnc3n2N[C@@H](c2ccc(Cl)cc2)S3)c1. The van der Waals surface area contributed by atoms with Crippen LogP contribution in [0.4, 0.5) is 5.69 Å². The lowest BCUT2D eigenvalue weighted by molar-refractivity contribution is 0.296. The number of nitrogens with zero attached hydrogens (tertiary/aromatic N) is 4. The third kappa shape index (κ3) is 2.69. The lowest BCUT2D eigenvalue weighted by Gasteiger charge is -2.21. The molecule has 9 heteroatoms. The van der Waals surface area contributed by atoms with Crippen molar-refractivity contribution in [3.8, 4) is 11.4 Å². The molecule has 122 valence electrons. The lowest BCUT2D eigenvalue weighted by Crippen LogP contribution is -2.14. The van der Waals surface area contributed by atoms with Gasteiger partial charge < -0.3 is 15.9 Å². The molecular weight excluding hydrogens is 350 g/mol. The Morgan fingerprint density at radius 2 is 2.00 bits per heavy atom. The van der Waals surface area contributed by atoms with Crippen molar-refractivity contribution in [2.45, 2.75) is 10.5 Å². The van der Waals surface area contributed by atoms with Gasteiger partial charge in [-0.1, -0.05) is 47.6 Å². The molecule has 1 atom stereocenters. The molecule has 0 amide bonds. The summed E-state index contributed by atoms with van der Waals surface area (Å²) >= 11 is 7.46. The van der Waals surface area contributed by atoms with Gasteiger partial charge in [-0.25, -0.2) is 4.68 Å². The molecule has 0 bridgehead atoms. The number of thioether (sulfide) groups is 1. The van der Waals surface area contributed by atoms with Crippen LogP contribution in [-0.4, -0.2) is 20.1 Å². The number of hydrogen-bond donors (Lipinski definition) is 2. The van der Waals surface area contributed by atoms with Gasteiger partial charge in [-0.2, -0.15) is 0 Å². The van der Waals surface area contributed by atoms with Gasteiger partial charge in [0.15, 0.2) is 5.82 Å². The molecule has 0 saturated heterocycles. The predicted octanol–water partition coefficient (Wildman–Crippen LogP) is 3.64. The van der Waals surface area contributed by atoms with E-state index >= 15 is 0 Å². The monoisotopic (exact) mass is 360 g/mol. The Balaban J connectivity index is 1.65. The minimum atomic E-state index is -0.177. The molecule has 0 radical (unpaired) electrons. The Kier molecular flexibility index (Phi) is 3.81. The largest absolute Gasteiger partial charge is 0.733 e. The van der Waals surface area contributed by atoms with Crippen LogP contribution in [0.2, 0.25) is 5.02 Å². The van der Waals surface area contributed by atoms with Crippen LogP contribution in [-0.2, 0) is 0 Å². The normalized spacial score (nSPS) is 15.9. The van der Waals surface area contributed by atoms with Crippen LogP contribution < -0.4 is 10.7 Å². The highest BCUT2D eigenvalue weighted by atomic mass is 35.5. The van der Waals surface area contributed by atoms with E-state index in [4.69, 9.17) is 16.8 Å². The molecule has 24 heavy (non-hydrogen) atoms. The molecule has 0 saturated carbocycles. The number of fused-ring (bicyclic) bond motifs is 1. The van der Waals surface area contributed by atoms with E-state index in [1.807, 2.05) is 24.3 Å². The van der Waals surface area contributed by atoms with E-state index in [2.05, 4.69) is 15.6 Å². The first-order valence-corrected chi connectivity index (χ1v) is 8.28. The molecule has 0 fully saturated rings. The molecule has 0 unspecified atom stereocenters. The fourth-order valence-corrected chi connectivity index (χ4v) is 3.56. The number of halogens is 1. The first-order chi connectivity index (χ1) is 11.6. The van der Waals surface area contributed by atoms with Gasteiger partial charge in [-0.3, -0.25) is 5.21 Å². The Bertz CT molecular complexity index is 884. The molecule has 7 nitrogen and oxygen atoms in total. The van der Waals surface area contributed by atoms with Crippen LogP contribution in [0, 0.1) is 5.21 Å². The molecule has 2 heterocycles. The Morgan fingerprint density at radius 3 is 2.75 bits per heavy atom. The van der Waals surface area contributed by atoms with E-state index in [9.17, 15) is 5.21 Å². The van der Waals surface area contributed by atoms with Gasteiger partial charge in [0.1, 0.15) is 5.37 Å². The second kappa shape index (κ2) is 5.99. The smallest absolute Gasteiger partial charge is 0.212 e. The first kappa shape index (κ1) is 15.3. The maximum atomic E-state index is 11.1. The van der Waals surface area contributed by atoms with E-state index in [0.29, 0.717) is 16.4 Å². The highest BCUT2D eigenvalue weighted by Gasteiger charge is 2.28. The van der Waals surface area contributed by atoms with Gasteiger partial charge >= 0.3 is 0 Å². The Morgan fingerprint density at radius 1 is 1.21 bits per heavy atom. The third-order valence-corrected chi connectivity index (χ3v) is 4.94. The molecule has 0 aliphatic carbocycles. The van der Waals surface area contributed by atoms with Gasteiger partial charge in [0.05, 0.1) is 5.69 Å². The Hall–Kier alpha value is -2.26. The average Bonchev–Trinajstić information content (AvgIpc) is 3.16. The molecule has 1 aromatic heterocycles. The second-order valence-corrected chi connectivity index (χ2v) is 6.65. The Labute approximate surface area is 146 Å². The fourth-order valence-electron chi connectivity index (χ4n) is 2.44. The van der Waals surface area contributed by atoms with Crippen LogP contribution >= 0.6 is 23.4 Å². The molecular formula is C15H11ClN5O2S-. The minimum absolute atomic E-state index is 0.0106. The van der Waals surface area contributed by atoms with Crippen molar-refractivity contribution >= 4 is 29.1 Å². The first-order valence-electron chi connectivity index (χ1n) is 7.02. The summed E-state index contributed by atoms with van der Waals surface area (Å²) in [5.41, 5.74) is 5.19. The van der Waals surface area contributed by atoms with Gasteiger partial charge in [0, 0.05) is 10.6 Å².